The molecule has 100 valence electrons. The van der Waals surface area contributed by atoms with Crippen LogP contribution in [0.5, 0.6) is 0 Å². The molecule has 19 heavy (non-hydrogen) atoms. The zero-order valence-corrected chi connectivity index (χ0v) is 11.1. The Bertz CT molecular complexity index is 553. The van der Waals surface area contributed by atoms with E-state index in [9.17, 15) is 8.78 Å². The number of hydrogen-bond acceptors (Lipinski definition) is 1. The van der Waals surface area contributed by atoms with Crippen molar-refractivity contribution in [3.63, 3.8) is 0 Å². The lowest BCUT2D eigenvalue weighted by molar-refractivity contribution is 0.524. The van der Waals surface area contributed by atoms with E-state index >= 15 is 0 Å². The van der Waals surface area contributed by atoms with Crippen LogP contribution in [0, 0.1) is 25.5 Å². The Kier molecular flexibility index (Phi) is 3.96. The quantitative estimate of drug-likeness (QED) is 0.893. The standard InChI is InChI=1S/C16H17F2N/c1-10-6-11(2)8-12(7-10)9-15(19)16-13(17)4-3-5-14(16)18/h3-8,15H,9,19H2,1-2H3. The molecule has 0 fully saturated rings. The van der Waals surface area contributed by atoms with Crippen molar-refractivity contribution in [2.24, 2.45) is 5.73 Å². The van der Waals surface area contributed by atoms with Gasteiger partial charge in [0.2, 0.25) is 0 Å². The van der Waals surface area contributed by atoms with Gasteiger partial charge in [-0.1, -0.05) is 35.4 Å². The molecular weight excluding hydrogens is 244 g/mol. The van der Waals surface area contributed by atoms with Gasteiger partial charge in [-0.2, -0.15) is 0 Å². The summed E-state index contributed by atoms with van der Waals surface area (Å²) >= 11 is 0. The van der Waals surface area contributed by atoms with Gasteiger partial charge >= 0.3 is 0 Å². The van der Waals surface area contributed by atoms with Gasteiger partial charge in [-0.15, -0.1) is 0 Å². The van der Waals surface area contributed by atoms with Crippen LogP contribution in [0.1, 0.15) is 28.3 Å². The van der Waals surface area contributed by atoms with Crippen molar-refractivity contribution in [1.29, 1.82) is 0 Å². The molecule has 3 heteroatoms. The number of hydrogen-bond donors (Lipinski definition) is 1. The molecule has 0 heterocycles. The van der Waals surface area contributed by atoms with Gasteiger partial charge in [0.15, 0.2) is 0 Å². The summed E-state index contributed by atoms with van der Waals surface area (Å²) in [5, 5.41) is 0. The van der Waals surface area contributed by atoms with Crippen molar-refractivity contribution in [3.8, 4) is 0 Å². The monoisotopic (exact) mass is 261 g/mol. The first-order valence-electron chi connectivity index (χ1n) is 6.24. The molecule has 0 spiro atoms. The van der Waals surface area contributed by atoms with E-state index in [4.69, 9.17) is 5.73 Å². The summed E-state index contributed by atoms with van der Waals surface area (Å²) in [5.74, 6) is -1.17. The second-order valence-electron chi connectivity index (χ2n) is 4.94. The summed E-state index contributed by atoms with van der Waals surface area (Å²) in [6.07, 6.45) is 0.417. The number of nitrogens with two attached hydrogens (primary N) is 1. The van der Waals surface area contributed by atoms with Gasteiger partial charge in [0.25, 0.3) is 0 Å². The number of halogens is 2. The zero-order valence-electron chi connectivity index (χ0n) is 11.1. The first-order valence-corrected chi connectivity index (χ1v) is 6.24. The van der Waals surface area contributed by atoms with Crippen LogP contribution in [0.4, 0.5) is 8.78 Å². The van der Waals surface area contributed by atoms with Gasteiger partial charge in [0.1, 0.15) is 11.6 Å². The lowest BCUT2D eigenvalue weighted by Gasteiger charge is -2.15. The lowest BCUT2D eigenvalue weighted by Crippen LogP contribution is -2.17. The smallest absolute Gasteiger partial charge is 0.130 e. The Morgan fingerprint density at radius 3 is 2.05 bits per heavy atom. The molecule has 2 aromatic rings. The molecule has 2 N–H and O–H groups in total. The molecule has 0 aliphatic heterocycles. The SMILES string of the molecule is Cc1cc(C)cc(CC(N)c2c(F)cccc2F)c1. The highest BCUT2D eigenvalue weighted by molar-refractivity contribution is 5.31. The predicted molar refractivity (Wildman–Crippen MR) is 72.9 cm³/mol. The van der Waals surface area contributed by atoms with Gasteiger partial charge in [-0.25, -0.2) is 8.78 Å². The van der Waals surface area contributed by atoms with Crippen LogP contribution >= 0.6 is 0 Å². The van der Waals surface area contributed by atoms with E-state index in [0.29, 0.717) is 6.42 Å². The number of rotatable bonds is 3. The van der Waals surface area contributed by atoms with E-state index < -0.39 is 17.7 Å². The third-order valence-corrected chi connectivity index (χ3v) is 3.11. The summed E-state index contributed by atoms with van der Waals surface area (Å²) in [6.45, 7) is 3.98. The maximum absolute atomic E-state index is 13.6. The van der Waals surface area contributed by atoms with Crippen LogP contribution in [0.2, 0.25) is 0 Å². The molecule has 0 aliphatic carbocycles. The van der Waals surface area contributed by atoms with Crippen molar-refractivity contribution in [2.75, 3.05) is 0 Å². The van der Waals surface area contributed by atoms with Crippen molar-refractivity contribution in [1.82, 2.24) is 0 Å². The molecule has 2 rings (SSSR count). The van der Waals surface area contributed by atoms with Gasteiger partial charge in [-0.3, -0.25) is 0 Å². The zero-order chi connectivity index (χ0) is 14.0. The molecule has 0 saturated carbocycles. The third kappa shape index (κ3) is 3.18. The van der Waals surface area contributed by atoms with E-state index in [1.165, 1.54) is 18.2 Å². The van der Waals surface area contributed by atoms with Gasteiger partial charge < -0.3 is 5.73 Å². The fraction of sp³-hybridized carbons (Fsp3) is 0.250. The van der Waals surface area contributed by atoms with Crippen LogP contribution in [0.15, 0.2) is 36.4 Å². The van der Waals surface area contributed by atoms with Crippen molar-refractivity contribution in [2.45, 2.75) is 26.3 Å². The minimum Gasteiger partial charge on any atom is -0.323 e. The van der Waals surface area contributed by atoms with Crippen LogP contribution in [-0.4, -0.2) is 0 Å². The molecule has 0 bridgehead atoms. The molecule has 0 amide bonds. The van der Waals surface area contributed by atoms with Crippen LogP contribution < -0.4 is 5.73 Å². The Hall–Kier alpha value is -1.74. The average molecular weight is 261 g/mol. The molecule has 0 aliphatic rings. The Labute approximate surface area is 112 Å². The highest BCUT2D eigenvalue weighted by atomic mass is 19.1. The van der Waals surface area contributed by atoms with Gasteiger partial charge in [0, 0.05) is 11.6 Å². The Balaban J connectivity index is 2.28. The maximum Gasteiger partial charge on any atom is 0.130 e. The molecule has 1 unspecified atom stereocenters. The van der Waals surface area contributed by atoms with E-state index in [1.54, 1.807) is 0 Å². The van der Waals surface area contributed by atoms with E-state index in [1.807, 2.05) is 26.0 Å². The lowest BCUT2D eigenvalue weighted by atomic mass is 9.96. The highest BCUT2D eigenvalue weighted by Gasteiger charge is 2.16. The molecule has 0 aromatic heterocycles. The minimum atomic E-state index is -0.678. The van der Waals surface area contributed by atoms with E-state index in [-0.39, 0.29) is 5.56 Å². The average Bonchev–Trinajstić information content (AvgIpc) is 2.26. The Morgan fingerprint density at radius 1 is 1.00 bits per heavy atom. The number of benzene rings is 2. The summed E-state index contributed by atoms with van der Waals surface area (Å²) in [6, 6.07) is 9.18. The van der Waals surface area contributed by atoms with E-state index in [0.717, 1.165) is 16.7 Å². The first-order chi connectivity index (χ1) is 8.97. The van der Waals surface area contributed by atoms with Crippen molar-refractivity contribution < 1.29 is 8.78 Å². The number of aryl methyl sites for hydroxylation is 2. The highest BCUT2D eigenvalue weighted by Crippen LogP contribution is 2.23. The second-order valence-corrected chi connectivity index (χ2v) is 4.94. The molecule has 0 radical (unpaired) electrons. The summed E-state index contributed by atoms with van der Waals surface area (Å²) in [7, 11) is 0. The first kappa shape index (κ1) is 13.7. The fourth-order valence-electron chi connectivity index (χ4n) is 2.41. The fourth-order valence-corrected chi connectivity index (χ4v) is 2.41. The second kappa shape index (κ2) is 5.49. The molecule has 1 atom stereocenters. The summed E-state index contributed by atoms with van der Waals surface area (Å²) in [5.41, 5.74) is 9.14. The summed E-state index contributed by atoms with van der Waals surface area (Å²) in [4.78, 5) is 0. The van der Waals surface area contributed by atoms with Crippen molar-refractivity contribution >= 4 is 0 Å². The van der Waals surface area contributed by atoms with Gasteiger partial charge in [-0.05, 0) is 38.0 Å². The molecule has 2 aromatic carbocycles. The van der Waals surface area contributed by atoms with Gasteiger partial charge in [0.05, 0.1) is 0 Å². The van der Waals surface area contributed by atoms with Crippen LogP contribution in [-0.2, 0) is 6.42 Å². The van der Waals surface area contributed by atoms with E-state index in [2.05, 4.69) is 6.07 Å². The molecular formula is C16H17F2N. The predicted octanol–water partition coefficient (Wildman–Crippen LogP) is 3.82. The largest absolute Gasteiger partial charge is 0.323 e. The topological polar surface area (TPSA) is 26.0 Å². The molecule has 1 nitrogen and oxygen atoms in total. The summed E-state index contributed by atoms with van der Waals surface area (Å²) < 4.78 is 27.3. The molecule has 0 saturated heterocycles. The van der Waals surface area contributed by atoms with Crippen LogP contribution in [0.3, 0.4) is 0 Å². The third-order valence-electron chi connectivity index (χ3n) is 3.11. The minimum absolute atomic E-state index is 0.0401. The maximum atomic E-state index is 13.6. The van der Waals surface area contributed by atoms with Crippen molar-refractivity contribution in [3.05, 3.63) is 70.3 Å². The normalized spacial score (nSPS) is 12.5. The Morgan fingerprint density at radius 2 is 1.53 bits per heavy atom. The van der Waals surface area contributed by atoms with Crippen LogP contribution in [0.25, 0.3) is 0 Å².